The van der Waals surface area contributed by atoms with Gasteiger partial charge in [-0.25, -0.2) is 0 Å². The number of hydrogen-bond donors (Lipinski definition) is 2. The van der Waals surface area contributed by atoms with Crippen molar-refractivity contribution in [2.45, 2.75) is 45.2 Å². The second-order valence-corrected chi connectivity index (χ2v) is 5.58. The van der Waals surface area contributed by atoms with Crippen molar-refractivity contribution in [3.05, 3.63) is 34.3 Å². The maximum absolute atomic E-state index is 8.78. The van der Waals surface area contributed by atoms with Gasteiger partial charge in [-0.1, -0.05) is 28.1 Å². The molecule has 0 radical (unpaired) electrons. The molecule has 0 amide bonds. The summed E-state index contributed by atoms with van der Waals surface area (Å²) in [6.07, 6.45) is 2.93. The quantitative estimate of drug-likeness (QED) is 0.811. The minimum atomic E-state index is 0.284. The van der Waals surface area contributed by atoms with Crippen molar-refractivity contribution >= 4 is 15.9 Å². The molecule has 0 spiro atoms. The molecule has 0 saturated heterocycles. The Labute approximate surface area is 113 Å². The highest BCUT2D eigenvalue weighted by Crippen LogP contribution is 2.13. The molecule has 1 aromatic rings. The Bertz CT molecular complexity index is 330. The first-order valence-electron chi connectivity index (χ1n) is 6.23. The SMILES string of the molecule is CC(CCCO)NC(C)Cc1cccc(Br)c1. The molecule has 2 atom stereocenters. The lowest BCUT2D eigenvalue weighted by Crippen LogP contribution is -2.35. The van der Waals surface area contributed by atoms with Crippen LogP contribution in [0.1, 0.15) is 32.3 Å². The zero-order valence-corrected chi connectivity index (χ0v) is 12.2. The molecule has 0 bridgehead atoms. The third kappa shape index (κ3) is 6.20. The molecule has 0 aliphatic carbocycles. The van der Waals surface area contributed by atoms with Gasteiger partial charge in [-0.15, -0.1) is 0 Å². The van der Waals surface area contributed by atoms with Crippen molar-refractivity contribution in [3.63, 3.8) is 0 Å². The Morgan fingerprint density at radius 2 is 2.06 bits per heavy atom. The summed E-state index contributed by atoms with van der Waals surface area (Å²) in [5.41, 5.74) is 1.34. The fourth-order valence-corrected chi connectivity index (χ4v) is 2.49. The van der Waals surface area contributed by atoms with Crippen LogP contribution in [0.15, 0.2) is 28.7 Å². The summed E-state index contributed by atoms with van der Waals surface area (Å²) in [6.45, 7) is 4.66. The Hall–Kier alpha value is -0.380. The Morgan fingerprint density at radius 1 is 1.29 bits per heavy atom. The highest BCUT2D eigenvalue weighted by molar-refractivity contribution is 9.10. The van der Waals surface area contributed by atoms with E-state index < -0.39 is 0 Å². The summed E-state index contributed by atoms with van der Waals surface area (Å²) in [7, 11) is 0. The van der Waals surface area contributed by atoms with Crippen LogP contribution in [0.3, 0.4) is 0 Å². The van der Waals surface area contributed by atoms with E-state index in [1.165, 1.54) is 5.56 Å². The molecule has 1 aromatic carbocycles. The average Bonchev–Trinajstić information content (AvgIpc) is 2.26. The van der Waals surface area contributed by atoms with Crippen LogP contribution in [-0.4, -0.2) is 23.8 Å². The fraction of sp³-hybridized carbons (Fsp3) is 0.571. The summed E-state index contributed by atoms with van der Waals surface area (Å²) in [6, 6.07) is 9.35. The molecular formula is C14H22BrNO. The first kappa shape index (κ1) is 14.7. The summed E-state index contributed by atoms with van der Waals surface area (Å²) in [4.78, 5) is 0. The van der Waals surface area contributed by atoms with Gasteiger partial charge in [0.2, 0.25) is 0 Å². The van der Waals surface area contributed by atoms with Crippen molar-refractivity contribution < 1.29 is 5.11 Å². The Kier molecular flexibility index (Phi) is 6.78. The van der Waals surface area contributed by atoms with E-state index >= 15 is 0 Å². The van der Waals surface area contributed by atoms with Crippen LogP contribution in [0, 0.1) is 0 Å². The monoisotopic (exact) mass is 299 g/mol. The fourth-order valence-electron chi connectivity index (χ4n) is 2.04. The lowest BCUT2D eigenvalue weighted by atomic mass is 10.1. The summed E-state index contributed by atoms with van der Waals surface area (Å²) in [5, 5.41) is 12.3. The second kappa shape index (κ2) is 7.85. The average molecular weight is 300 g/mol. The molecule has 0 heterocycles. The zero-order valence-electron chi connectivity index (χ0n) is 10.6. The zero-order chi connectivity index (χ0) is 12.7. The number of aliphatic hydroxyl groups excluding tert-OH is 1. The molecule has 2 N–H and O–H groups in total. The number of halogens is 1. The third-order valence-electron chi connectivity index (χ3n) is 2.80. The second-order valence-electron chi connectivity index (χ2n) is 4.67. The molecule has 0 fully saturated rings. The van der Waals surface area contributed by atoms with E-state index in [0.29, 0.717) is 12.1 Å². The van der Waals surface area contributed by atoms with Crippen LogP contribution >= 0.6 is 15.9 Å². The molecular weight excluding hydrogens is 278 g/mol. The molecule has 1 rings (SSSR count). The maximum atomic E-state index is 8.78. The van der Waals surface area contributed by atoms with E-state index in [2.05, 4.69) is 53.3 Å². The van der Waals surface area contributed by atoms with E-state index in [1.54, 1.807) is 0 Å². The molecule has 0 saturated carbocycles. The lowest BCUT2D eigenvalue weighted by Gasteiger charge is -2.20. The van der Waals surface area contributed by atoms with Crippen LogP contribution in [0.4, 0.5) is 0 Å². The van der Waals surface area contributed by atoms with E-state index in [4.69, 9.17) is 5.11 Å². The first-order chi connectivity index (χ1) is 8.11. The Morgan fingerprint density at radius 3 is 2.71 bits per heavy atom. The van der Waals surface area contributed by atoms with Crippen LogP contribution < -0.4 is 5.32 Å². The molecule has 0 aliphatic rings. The minimum Gasteiger partial charge on any atom is -0.396 e. The van der Waals surface area contributed by atoms with E-state index in [0.717, 1.165) is 23.7 Å². The summed E-state index contributed by atoms with van der Waals surface area (Å²) in [5.74, 6) is 0. The van der Waals surface area contributed by atoms with Gasteiger partial charge < -0.3 is 10.4 Å². The predicted molar refractivity (Wildman–Crippen MR) is 76.2 cm³/mol. The highest BCUT2D eigenvalue weighted by atomic mass is 79.9. The molecule has 2 nitrogen and oxygen atoms in total. The molecule has 3 heteroatoms. The van der Waals surface area contributed by atoms with E-state index in [1.807, 2.05) is 6.07 Å². The predicted octanol–water partition coefficient (Wildman–Crippen LogP) is 3.13. The van der Waals surface area contributed by atoms with Gasteiger partial charge in [-0.3, -0.25) is 0 Å². The van der Waals surface area contributed by atoms with Crippen LogP contribution in [0.25, 0.3) is 0 Å². The smallest absolute Gasteiger partial charge is 0.0431 e. The largest absolute Gasteiger partial charge is 0.396 e. The van der Waals surface area contributed by atoms with Crippen molar-refractivity contribution in [1.29, 1.82) is 0 Å². The Balaban J connectivity index is 2.36. The van der Waals surface area contributed by atoms with Gasteiger partial charge >= 0.3 is 0 Å². The third-order valence-corrected chi connectivity index (χ3v) is 3.29. The molecule has 96 valence electrons. The minimum absolute atomic E-state index is 0.284. The highest BCUT2D eigenvalue weighted by Gasteiger charge is 2.07. The van der Waals surface area contributed by atoms with Crippen molar-refractivity contribution in [2.24, 2.45) is 0 Å². The normalized spacial score (nSPS) is 14.6. The van der Waals surface area contributed by atoms with Gasteiger partial charge in [0.05, 0.1) is 0 Å². The van der Waals surface area contributed by atoms with Gasteiger partial charge in [-0.05, 0) is 50.8 Å². The maximum Gasteiger partial charge on any atom is 0.0431 e. The van der Waals surface area contributed by atoms with Crippen molar-refractivity contribution in [2.75, 3.05) is 6.61 Å². The number of aliphatic hydroxyl groups is 1. The van der Waals surface area contributed by atoms with E-state index in [-0.39, 0.29) is 6.61 Å². The number of nitrogens with one attached hydrogen (secondary N) is 1. The number of rotatable bonds is 7. The first-order valence-corrected chi connectivity index (χ1v) is 7.02. The van der Waals surface area contributed by atoms with Crippen LogP contribution in [-0.2, 0) is 6.42 Å². The van der Waals surface area contributed by atoms with Gasteiger partial charge in [0, 0.05) is 23.2 Å². The van der Waals surface area contributed by atoms with Crippen molar-refractivity contribution in [3.8, 4) is 0 Å². The van der Waals surface area contributed by atoms with Gasteiger partial charge in [0.15, 0.2) is 0 Å². The molecule has 0 aromatic heterocycles. The van der Waals surface area contributed by atoms with Crippen molar-refractivity contribution in [1.82, 2.24) is 5.32 Å². The molecule has 0 aliphatic heterocycles. The summed E-state index contributed by atoms with van der Waals surface area (Å²) >= 11 is 3.49. The van der Waals surface area contributed by atoms with Gasteiger partial charge in [-0.2, -0.15) is 0 Å². The van der Waals surface area contributed by atoms with E-state index in [9.17, 15) is 0 Å². The lowest BCUT2D eigenvalue weighted by molar-refractivity contribution is 0.274. The van der Waals surface area contributed by atoms with Crippen LogP contribution in [0.2, 0.25) is 0 Å². The van der Waals surface area contributed by atoms with Crippen LogP contribution in [0.5, 0.6) is 0 Å². The van der Waals surface area contributed by atoms with Gasteiger partial charge in [0.25, 0.3) is 0 Å². The standard InChI is InChI=1S/C14H22BrNO/c1-11(5-4-8-17)16-12(2)9-13-6-3-7-14(15)10-13/h3,6-7,10-12,16-17H,4-5,8-9H2,1-2H3. The van der Waals surface area contributed by atoms with Gasteiger partial charge in [0.1, 0.15) is 0 Å². The molecule has 17 heavy (non-hydrogen) atoms. The number of benzene rings is 1. The summed E-state index contributed by atoms with van der Waals surface area (Å²) < 4.78 is 1.13. The number of hydrogen-bond acceptors (Lipinski definition) is 2. The molecule has 2 unspecified atom stereocenters. The topological polar surface area (TPSA) is 32.3 Å².